The number of rotatable bonds is 5. The first kappa shape index (κ1) is 13.6. The molecule has 0 amide bonds. The molecule has 0 aliphatic heterocycles. The van der Waals surface area contributed by atoms with Crippen molar-refractivity contribution in [2.24, 2.45) is 0 Å². The third-order valence-corrected chi connectivity index (χ3v) is 2.97. The maximum Gasteiger partial charge on any atom is 0.122 e. The summed E-state index contributed by atoms with van der Waals surface area (Å²) in [5.74, 6) is 0.941. The van der Waals surface area contributed by atoms with Gasteiger partial charge in [-0.1, -0.05) is 19.4 Å². The van der Waals surface area contributed by atoms with E-state index >= 15 is 0 Å². The molecular formula is C15H21NO. The van der Waals surface area contributed by atoms with Gasteiger partial charge in [-0.25, -0.2) is 0 Å². The molecule has 0 heterocycles. The lowest BCUT2D eigenvalue weighted by Gasteiger charge is -2.15. The predicted molar refractivity (Wildman–Crippen MR) is 70.3 cm³/mol. The molecule has 0 spiro atoms. The molecule has 0 radical (unpaired) electrons. The summed E-state index contributed by atoms with van der Waals surface area (Å²) < 4.78 is 5.56. The molecule has 0 saturated heterocycles. The van der Waals surface area contributed by atoms with Crippen LogP contribution in [0.1, 0.15) is 49.3 Å². The molecule has 1 atom stereocenters. The van der Waals surface area contributed by atoms with Gasteiger partial charge >= 0.3 is 0 Å². The first-order valence-electron chi connectivity index (χ1n) is 6.27. The predicted octanol–water partition coefficient (Wildman–Crippen LogP) is 4.11. The van der Waals surface area contributed by atoms with E-state index in [9.17, 15) is 5.26 Å². The molecule has 0 aromatic heterocycles. The monoisotopic (exact) mass is 231 g/mol. The molecule has 2 nitrogen and oxygen atoms in total. The van der Waals surface area contributed by atoms with Gasteiger partial charge in [-0.2, -0.15) is 5.26 Å². The lowest BCUT2D eigenvalue weighted by atomic mass is 9.90. The quantitative estimate of drug-likeness (QED) is 0.764. The Hall–Kier alpha value is -1.49. The Kier molecular flexibility index (Phi) is 5.03. The van der Waals surface area contributed by atoms with Gasteiger partial charge in [0.05, 0.1) is 18.6 Å². The third kappa shape index (κ3) is 3.23. The molecule has 92 valence electrons. The van der Waals surface area contributed by atoms with Crippen LogP contribution < -0.4 is 4.74 Å². The van der Waals surface area contributed by atoms with Crippen LogP contribution in [0.2, 0.25) is 0 Å². The van der Waals surface area contributed by atoms with Gasteiger partial charge in [-0.15, -0.1) is 0 Å². The van der Waals surface area contributed by atoms with Crippen LogP contribution in [0, 0.1) is 25.2 Å². The molecule has 1 aromatic carbocycles. The summed E-state index contributed by atoms with van der Waals surface area (Å²) in [6.07, 6.45) is 1.95. The minimum Gasteiger partial charge on any atom is -0.494 e. The lowest BCUT2D eigenvalue weighted by Crippen LogP contribution is -2.02. The minimum atomic E-state index is 0.00868. The van der Waals surface area contributed by atoms with E-state index in [2.05, 4.69) is 26.0 Å². The van der Waals surface area contributed by atoms with Crippen molar-refractivity contribution in [3.05, 3.63) is 28.8 Å². The number of ether oxygens (including phenoxy) is 1. The molecule has 1 aromatic rings. The van der Waals surface area contributed by atoms with Crippen molar-refractivity contribution in [2.75, 3.05) is 6.61 Å². The summed E-state index contributed by atoms with van der Waals surface area (Å²) in [5.41, 5.74) is 3.41. The number of hydrogen-bond acceptors (Lipinski definition) is 2. The molecular weight excluding hydrogens is 210 g/mol. The van der Waals surface area contributed by atoms with E-state index in [0.717, 1.165) is 35.3 Å². The fourth-order valence-electron chi connectivity index (χ4n) is 2.08. The molecule has 1 rings (SSSR count). The zero-order valence-electron chi connectivity index (χ0n) is 11.2. The van der Waals surface area contributed by atoms with Gasteiger partial charge < -0.3 is 4.74 Å². The number of benzene rings is 1. The summed E-state index contributed by atoms with van der Waals surface area (Å²) in [7, 11) is 0. The Morgan fingerprint density at radius 2 is 1.94 bits per heavy atom. The Labute approximate surface area is 104 Å². The first-order valence-corrected chi connectivity index (χ1v) is 6.27. The highest BCUT2D eigenvalue weighted by atomic mass is 16.5. The molecule has 1 unspecified atom stereocenters. The average Bonchev–Trinajstić information content (AvgIpc) is 2.31. The molecule has 0 aliphatic carbocycles. The average molecular weight is 231 g/mol. The van der Waals surface area contributed by atoms with E-state index < -0.39 is 0 Å². The molecule has 0 aliphatic rings. The first-order chi connectivity index (χ1) is 8.13. The van der Waals surface area contributed by atoms with Crippen LogP contribution in [0.15, 0.2) is 12.1 Å². The second kappa shape index (κ2) is 6.30. The SMILES string of the molecule is CCCC(C#N)c1cc(C)c(OCC)cc1C. The molecule has 0 bridgehead atoms. The standard InChI is InChI=1S/C15H21NO/c1-5-7-13(10-16)14-8-12(4)15(17-6-2)9-11(14)3/h8-9,13H,5-7H2,1-4H3. The van der Waals surface area contributed by atoms with Crippen molar-refractivity contribution in [3.63, 3.8) is 0 Å². The second-order valence-corrected chi connectivity index (χ2v) is 4.38. The fraction of sp³-hybridized carbons (Fsp3) is 0.533. The van der Waals surface area contributed by atoms with E-state index in [1.54, 1.807) is 0 Å². The highest BCUT2D eigenvalue weighted by Crippen LogP contribution is 2.29. The largest absolute Gasteiger partial charge is 0.494 e. The van der Waals surface area contributed by atoms with Gasteiger partial charge in [0, 0.05) is 0 Å². The number of hydrogen-bond donors (Lipinski definition) is 0. The zero-order chi connectivity index (χ0) is 12.8. The smallest absolute Gasteiger partial charge is 0.122 e. The normalized spacial score (nSPS) is 11.9. The van der Waals surface area contributed by atoms with Gasteiger partial charge in [0.1, 0.15) is 5.75 Å². The van der Waals surface area contributed by atoms with Crippen molar-refractivity contribution < 1.29 is 4.74 Å². The van der Waals surface area contributed by atoms with Gasteiger partial charge in [0.2, 0.25) is 0 Å². The van der Waals surface area contributed by atoms with Crippen molar-refractivity contribution in [2.45, 2.75) is 46.5 Å². The van der Waals surface area contributed by atoms with Gasteiger partial charge in [0.15, 0.2) is 0 Å². The number of aryl methyl sites for hydroxylation is 2. The Morgan fingerprint density at radius 3 is 2.47 bits per heavy atom. The topological polar surface area (TPSA) is 33.0 Å². The maximum atomic E-state index is 9.22. The summed E-state index contributed by atoms with van der Waals surface area (Å²) in [6, 6.07) is 6.55. The van der Waals surface area contributed by atoms with Crippen LogP contribution in [-0.4, -0.2) is 6.61 Å². The minimum absolute atomic E-state index is 0.00868. The molecule has 2 heteroatoms. The van der Waals surface area contributed by atoms with Crippen LogP contribution in [0.3, 0.4) is 0 Å². The van der Waals surface area contributed by atoms with E-state index in [1.807, 2.05) is 19.9 Å². The number of nitriles is 1. The van der Waals surface area contributed by atoms with Crippen LogP contribution in [0.5, 0.6) is 5.75 Å². The Morgan fingerprint density at radius 1 is 1.24 bits per heavy atom. The zero-order valence-corrected chi connectivity index (χ0v) is 11.2. The van der Waals surface area contributed by atoms with E-state index in [4.69, 9.17) is 4.74 Å². The highest BCUT2D eigenvalue weighted by Gasteiger charge is 2.14. The number of nitrogens with zero attached hydrogens (tertiary/aromatic N) is 1. The van der Waals surface area contributed by atoms with Crippen LogP contribution in [-0.2, 0) is 0 Å². The summed E-state index contributed by atoms with van der Waals surface area (Å²) >= 11 is 0. The molecule has 17 heavy (non-hydrogen) atoms. The van der Waals surface area contributed by atoms with Gasteiger partial charge in [-0.05, 0) is 49.9 Å². The van der Waals surface area contributed by atoms with Crippen molar-refractivity contribution in [1.82, 2.24) is 0 Å². The molecule has 0 N–H and O–H groups in total. The molecule has 0 fully saturated rings. The van der Waals surface area contributed by atoms with Crippen molar-refractivity contribution >= 4 is 0 Å². The van der Waals surface area contributed by atoms with Crippen LogP contribution in [0.4, 0.5) is 0 Å². The second-order valence-electron chi connectivity index (χ2n) is 4.38. The summed E-state index contributed by atoms with van der Waals surface area (Å²) in [6.45, 7) is 8.86. The van der Waals surface area contributed by atoms with Gasteiger partial charge in [-0.3, -0.25) is 0 Å². The van der Waals surface area contributed by atoms with Crippen molar-refractivity contribution in [3.8, 4) is 11.8 Å². The lowest BCUT2D eigenvalue weighted by molar-refractivity contribution is 0.337. The highest BCUT2D eigenvalue weighted by molar-refractivity contribution is 5.44. The van der Waals surface area contributed by atoms with E-state index in [-0.39, 0.29) is 5.92 Å². The van der Waals surface area contributed by atoms with Crippen LogP contribution >= 0.6 is 0 Å². The van der Waals surface area contributed by atoms with Crippen LogP contribution in [0.25, 0.3) is 0 Å². The Balaban J connectivity index is 3.10. The van der Waals surface area contributed by atoms with E-state index in [1.165, 1.54) is 0 Å². The fourth-order valence-corrected chi connectivity index (χ4v) is 2.08. The summed E-state index contributed by atoms with van der Waals surface area (Å²) in [5, 5.41) is 9.22. The van der Waals surface area contributed by atoms with E-state index in [0.29, 0.717) is 6.61 Å². The third-order valence-electron chi connectivity index (χ3n) is 2.97. The Bertz CT molecular complexity index is 418. The summed E-state index contributed by atoms with van der Waals surface area (Å²) in [4.78, 5) is 0. The molecule has 0 saturated carbocycles. The van der Waals surface area contributed by atoms with Crippen molar-refractivity contribution in [1.29, 1.82) is 5.26 Å². The maximum absolute atomic E-state index is 9.22. The van der Waals surface area contributed by atoms with Gasteiger partial charge in [0.25, 0.3) is 0 Å².